The van der Waals surface area contributed by atoms with Crippen molar-refractivity contribution in [1.29, 1.82) is 0 Å². The highest BCUT2D eigenvalue weighted by atomic mass is 16.5. The highest BCUT2D eigenvalue weighted by Gasteiger charge is 2.12. The van der Waals surface area contributed by atoms with E-state index in [9.17, 15) is 4.79 Å². The molecule has 1 saturated heterocycles. The number of aryl methyl sites for hydroxylation is 1. The van der Waals surface area contributed by atoms with Gasteiger partial charge in [0.25, 0.3) is 0 Å². The number of nitrogens with zero attached hydrogens (tertiary/aromatic N) is 3. The normalized spacial score (nSPS) is 16.9. The Morgan fingerprint density at radius 3 is 2.78 bits per heavy atom. The van der Waals surface area contributed by atoms with Gasteiger partial charge in [-0.1, -0.05) is 11.6 Å². The van der Waals surface area contributed by atoms with Crippen LogP contribution < -0.4 is 0 Å². The fourth-order valence-electron chi connectivity index (χ4n) is 2.15. The van der Waals surface area contributed by atoms with Crippen molar-refractivity contribution < 1.29 is 14.4 Å². The Hall–Kier alpha value is -1.43. The molecule has 1 fully saturated rings. The molecule has 6 nitrogen and oxygen atoms in total. The molecule has 1 aromatic heterocycles. The van der Waals surface area contributed by atoms with Gasteiger partial charge in [0.05, 0.1) is 6.42 Å². The van der Waals surface area contributed by atoms with Gasteiger partial charge in [-0.3, -0.25) is 4.79 Å². The van der Waals surface area contributed by atoms with Crippen LogP contribution in [-0.2, 0) is 17.6 Å². The Morgan fingerprint density at radius 2 is 2.06 bits per heavy atom. The van der Waals surface area contributed by atoms with Gasteiger partial charge in [-0.25, -0.2) is 0 Å². The zero-order valence-electron chi connectivity index (χ0n) is 10.5. The molecular weight excluding hydrogens is 234 g/mol. The highest BCUT2D eigenvalue weighted by Crippen LogP contribution is 2.09. The lowest BCUT2D eigenvalue weighted by molar-refractivity contribution is -0.137. The molecule has 1 aliphatic heterocycles. The van der Waals surface area contributed by atoms with E-state index < -0.39 is 5.97 Å². The topological polar surface area (TPSA) is 79.5 Å². The van der Waals surface area contributed by atoms with Crippen LogP contribution in [0.1, 0.15) is 37.4 Å². The van der Waals surface area contributed by atoms with E-state index in [4.69, 9.17) is 9.63 Å². The lowest BCUT2D eigenvalue weighted by Gasteiger charge is -2.25. The number of piperidine rings is 1. The zero-order valence-corrected chi connectivity index (χ0v) is 10.5. The van der Waals surface area contributed by atoms with Crippen molar-refractivity contribution in [3.05, 3.63) is 11.7 Å². The minimum atomic E-state index is -0.838. The smallest absolute Gasteiger partial charge is 0.303 e. The number of carboxylic acids is 1. The van der Waals surface area contributed by atoms with Gasteiger partial charge in [0.15, 0.2) is 5.82 Å². The summed E-state index contributed by atoms with van der Waals surface area (Å²) in [6.07, 6.45) is 5.01. The van der Waals surface area contributed by atoms with Gasteiger partial charge in [-0.05, 0) is 25.9 Å². The maximum absolute atomic E-state index is 10.4. The summed E-state index contributed by atoms with van der Waals surface area (Å²) < 4.78 is 5.11. The fraction of sp³-hybridized carbons (Fsp3) is 0.750. The molecule has 0 bridgehead atoms. The standard InChI is InChI=1S/C12H19N3O3/c16-12(17)5-4-10-13-11(18-14-10)6-9-15-7-2-1-3-8-15/h1-9H2,(H,16,17). The van der Waals surface area contributed by atoms with Gasteiger partial charge in [-0.2, -0.15) is 4.98 Å². The molecule has 0 atom stereocenters. The molecule has 0 radical (unpaired) electrons. The molecule has 1 aromatic rings. The maximum atomic E-state index is 10.4. The van der Waals surface area contributed by atoms with E-state index in [0.717, 1.165) is 26.1 Å². The molecule has 0 spiro atoms. The quantitative estimate of drug-likeness (QED) is 0.818. The van der Waals surface area contributed by atoms with Crippen LogP contribution >= 0.6 is 0 Å². The summed E-state index contributed by atoms with van der Waals surface area (Å²) in [6.45, 7) is 3.25. The van der Waals surface area contributed by atoms with Gasteiger partial charge in [0, 0.05) is 19.4 Å². The number of aromatic nitrogens is 2. The number of carboxylic acid groups (broad SMARTS) is 1. The van der Waals surface area contributed by atoms with Crippen LogP contribution in [0.15, 0.2) is 4.52 Å². The third-order valence-corrected chi connectivity index (χ3v) is 3.16. The first-order chi connectivity index (χ1) is 8.74. The van der Waals surface area contributed by atoms with Crippen LogP contribution in [0.3, 0.4) is 0 Å². The predicted octanol–water partition coefficient (Wildman–Crippen LogP) is 1.12. The van der Waals surface area contributed by atoms with Crippen LogP contribution in [0.2, 0.25) is 0 Å². The molecule has 18 heavy (non-hydrogen) atoms. The molecule has 1 N–H and O–H groups in total. The molecule has 0 aliphatic carbocycles. The Bertz CT molecular complexity index is 386. The number of hydrogen-bond acceptors (Lipinski definition) is 5. The molecular formula is C12H19N3O3. The van der Waals surface area contributed by atoms with Crippen molar-refractivity contribution in [1.82, 2.24) is 15.0 Å². The summed E-state index contributed by atoms with van der Waals surface area (Å²) >= 11 is 0. The van der Waals surface area contributed by atoms with Crippen molar-refractivity contribution in [2.24, 2.45) is 0 Å². The third-order valence-electron chi connectivity index (χ3n) is 3.16. The van der Waals surface area contributed by atoms with Crippen molar-refractivity contribution in [3.8, 4) is 0 Å². The molecule has 0 amide bonds. The molecule has 1 aliphatic rings. The SMILES string of the molecule is O=C(O)CCc1noc(CCN2CCCCC2)n1. The Kier molecular flexibility index (Phi) is 4.69. The molecule has 0 aromatic carbocycles. The molecule has 6 heteroatoms. The Labute approximate surface area is 106 Å². The second-order valence-electron chi connectivity index (χ2n) is 4.65. The Balaban J connectivity index is 1.73. The highest BCUT2D eigenvalue weighted by molar-refractivity contribution is 5.66. The lowest BCUT2D eigenvalue weighted by Crippen LogP contribution is -2.31. The summed E-state index contributed by atoms with van der Waals surface area (Å²) in [6, 6.07) is 0. The van der Waals surface area contributed by atoms with Crippen LogP contribution in [-0.4, -0.2) is 45.8 Å². The van der Waals surface area contributed by atoms with Crippen molar-refractivity contribution in [2.75, 3.05) is 19.6 Å². The number of likely N-dealkylation sites (tertiary alicyclic amines) is 1. The number of rotatable bonds is 6. The van der Waals surface area contributed by atoms with Gasteiger partial charge >= 0.3 is 5.97 Å². The van der Waals surface area contributed by atoms with E-state index in [1.54, 1.807) is 0 Å². The van der Waals surface area contributed by atoms with Crippen LogP contribution in [0.4, 0.5) is 0 Å². The predicted molar refractivity (Wildman–Crippen MR) is 64.2 cm³/mol. The zero-order chi connectivity index (χ0) is 12.8. The monoisotopic (exact) mass is 253 g/mol. The fourth-order valence-corrected chi connectivity index (χ4v) is 2.15. The average molecular weight is 253 g/mol. The molecule has 0 saturated carbocycles. The summed E-state index contributed by atoms with van der Waals surface area (Å²) in [7, 11) is 0. The van der Waals surface area contributed by atoms with Crippen molar-refractivity contribution in [2.45, 2.75) is 38.5 Å². The van der Waals surface area contributed by atoms with E-state index >= 15 is 0 Å². The summed E-state index contributed by atoms with van der Waals surface area (Å²) in [5.74, 6) is 0.265. The van der Waals surface area contributed by atoms with E-state index in [0.29, 0.717) is 18.1 Å². The second-order valence-corrected chi connectivity index (χ2v) is 4.65. The first-order valence-electron chi connectivity index (χ1n) is 6.49. The minimum absolute atomic E-state index is 0.0467. The van der Waals surface area contributed by atoms with Crippen LogP contribution in [0, 0.1) is 0 Å². The largest absolute Gasteiger partial charge is 0.481 e. The van der Waals surface area contributed by atoms with Crippen LogP contribution in [0.5, 0.6) is 0 Å². The van der Waals surface area contributed by atoms with E-state index in [1.807, 2.05) is 0 Å². The summed E-state index contributed by atoms with van der Waals surface area (Å²) in [5, 5.41) is 12.3. The maximum Gasteiger partial charge on any atom is 0.303 e. The second kappa shape index (κ2) is 6.49. The van der Waals surface area contributed by atoms with Crippen molar-refractivity contribution in [3.63, 3.8) is 0 Å². The summed E-state index contributed by atoms with van der Waals surface area (Å²) in [5.41, 5.74) is 0. The molecule has 0 unspecified atom stereocenters. The lowest BCUT2D eigenvalue weighted by atomic mass is 10.1. The number of aliphatic carboxylic acids is 1. The molecule has 2 heterocycles. The average Bonchev–Trinajstić information content (AvgIpc) is 2.83. The Morgan fingerprint density at radius 1 is 1.28 bits per heavy atom. The number of carbonyl (C=O) groups is 1. The first kappa shape index (κ1) is 13.0. The van der Waals surface area contributed by atoms with E-state index in [2.05, 4.69) is 15.0 Å². The summed E-state index contributed by atoms with van der Waals surface area (Å²) in [4.78, 5) is 17.0. The van der Waals surface area contributed by atoms with E-state index in [1.165, 1.54) is 19.3 Å². The third kappa shape index (κ3) is 4.10. The van der Waals surface area contributed by atoms with Gasteiger partial charge in [0.2, 0.25) is 5.89 Å². The van der Waals surface area contributed by atoms with E-state index in [-0.39, 0.29) is 6.42 Å². The van der Waals surface area contributed by atoms with Crippen molar-refractivity contribution >= 4 is 5.97 Å². The van der Waals surface area contributed by atoms with Crippen LogP contribution in [0.25, 0.3) is 0 Å². The number of hydrogen-bond donors (Lipinski definition) is 1. The van der Waals surface area contributed by atoms with Gasteiger partial charge < -0.3 is 14.5 Å². The molecule has 2 rings (SSSR count). The first-order valence-corrected chi connectivity index (χ1v) is 6.49. The van der Waals surface area contributed by atoms with Gasteiger partial charge in [0.1, 0.15) is 0 Å². The van der Waals surface area contributed by atoms with Gasteiger partial charge in [-0.15, -0.1) is 0 Å². The molecule has 100 valence electrons. The minimum Gasteiger partial charge on any atom is -0.481 e.